The van der Waals surface area contributed by atoms with Crippen LogP contribution in [0, 0.1) is 0 Å². The van der Waals surface area contributed by atoms with E-state index in [-0.39, 0.29) is 17.1 Å². The first-order valence-corrected chi connectivity index (χ1v) is 13.9. The third kappa shape index (κ3) is 7.01. The van der Waals surface area contributed by atoms with Gasteiger partial charge in [-0.05, 0) is 54.3 Å². The summed E-state index contributed by atoms with van der Waals surface area (Å²) in [5.74, 6) is 1.22. The van der Waals surface area contributed by atoms with Crippen molar-refractivity contribution >= 4 is 46.6 Å². The molecule has 1 aromatic heterocycles. The van der Waals surface area contributed by atoms with Crippen molar-refractivity contribution in [2.75, 3.05) is 12.9 Å². The number of rotatable bonds is 8. The maximum Gasteiger partial charge on any atom is 0.250 e. The van der Waals surface area contributed by atoms with Crippen molar-refractivity contribution in [2.24, 2.45) is 5.10 Å². The first kappa shape index (κ1) is 28.7. The molecule has 3 aromatic carbocycles. The maximum atomic E-state index is 12.7. The molecule has 0 aliphatic heterocycles. The number of hydrogen-bond acceptors (Lipinski definition) is 6. The van der Waals surface area contributed by atoms with E-state index < -0.39 is 0 Å². The number of amides is 1. The summed E-state index contributed by atoms with van der Waals surface area (Å²) in [7, 11) is 1.63. The molecule has 0 aliphatic rings. The highest BCUT2D eigenvalue weighted by Crippen LogP contribution is 2.31. The molecule has 1 heterocycles. The van der Waals surface area contributed by atoms with E-state index >= 15 is 0 Å². The zero-order chi connectivity index (χ0) is 28.2. The summed E-state index contributed by atoms with van der Waals surface area (Å²) in [6.45, 7) is 8.30. The van der Waals surface area contributed by atoms with Gasteiger partial charge in [0.1, 0.15) is 5.75 Å². The standard InChI is InChI=1S/C29H29Cl2N5O2S/c1-18(24-15-10-21(30)16-25(24)31)32-33-26(37)17-39-28-35-34-27(19-6-8-20(9-7-19)29(2,3)4)36(28)22-11-13-23(38-5)14-12-22/h6-16H,17H2,1-5H3,(H,33,37). The number of benzene rings is 3. The number of nitrogens with zero attached hydrogens (tertiary/aromatic N) is 4. The van der Waals surface area contributed by atoms with Gasteiger partial charge in [0.25, 0.3) is 5.91 Å². The van der Waals surface area contributed by atoms with Crippen LogP contribution >= 0.6 is 35.0 Å². The molecule has 0 radical (unpaired) electrons. The third-order valence-corrected chi connectivity index (χ3v) is 7.45. The van der Waals surface area contributed by atoms with E-state index in [0.29, 0.717) is 32.3 Å². The number of thioether (sulfide) groups is 1. The highest BCUT2D eigenvalue weighted by Gasteiger charge is 2.19. The van der Waals surface area contributed by atoms with Crippen LogP contribution in [-0.2, 0) is 10.2 Å². The normalized spacial score (nSPS) is 11.9. The molecule has 1 amide bonds. The van der Waals surface area contributed by atoms with Crippen molar-refractivity contribution < 1.29 is 9.53 Å². The van der Waals surface area contributed by atoms with E-state index in [4.69, 9.17) is 27.9 Å². The van der Waals surface area contributed by atoms with Gasteiger partial charge in [-0.1, -0.05) is 86.1 Å². The number of ether oxygens (including phenoxy) is 1. The van der Waals surface area contributed by atoms with E-state index in [9.17, 15) is 4.79 Å². The van der Waals surface area contributed by atoms with Gasteiger partial charge in [-0.3, -0.25) is 9.36 Å². The van der Waals surface area contributed by atoms with Gasteiger partial charge in [0.2, 0.25) is 0 Å². The van der Waals surface area contributed by atoms with Crippen LogP contribution in [0.15, 0.2) is 77.0 Å². The van der Waals surface area contributed by atoms with Crippen LogP contribution in [0.3, 0.4) is 0 Å². The van der Waals surface area contributed by atoms with E-state index in [1.807, 2.05) is 41.0 Å². The van der Waals surface area contributed by atoms with Gasteiger partial charge in [0, 0.05) is 21.8 Å². The van der Waals surface area contributed by atoms with Gasteiger partial charge in [0.05, 0.1) is 23.6 Å². The fraction of sp³-hybridized carbons (Fsp3) is 0.241. The molecule has 0 fully saturated rings. The molecule has 7 nitrogen and oxygen atoms in total. The molecule has 0 bridgehead atoms. The molecular weight excluding hydrogens is 553 g/mol. The quantitative estimate of drug-likeness (QED) is 0.135. The zero-order valence-corrected chi connectivity index (χ0v) is 24.7. The lowest BCUT2D eigenvalue weighted by Crippen LogP contribution is -2.21. The van der Waals surface area contributed by atoms with Gasteiger partial charge in [-0.25, -0.2) is 5.43 Å². The molecule has 39 heavy (non-hydrogen) atoms. The lowest BCUT2D eigenvalue weighted by atomic mass is 9.87. The Bertz CT molecular complexity index is 1490. The van der Waals surface area contributed by atoms with E-state index in [0.717, 1.165) is 17.0 Å². The Morgan fingerprint density at radius 2 is 1.72 bits per heavy atom. The van der Waals surface area contributed by atoms with Crippen LogP contribution in [0.25, 0.3) is 17.1 Å². The van der Waals surface area contributed by atoms with E-state index in [1.54, 1.807) is 32.2 Å². The lowest BCUT2D eigenvalue weighted by Gasteiger charge is -2.19. The van der Waals surface area contributed by atoms with Crippen molar-refractivity contribution in [3.05, 3.63) is 87.9 Å². The second kappa shape index (κ2) is 12.2. The monoisotopic (exact) mass is 581 g/mol. The minimum Gasteiger partial charge on any atom is -0.497 e. The Hall–Kier alpha value is -3.33. The number of methoxy groups -OCH3 is 1. The zero-order valence-electron chi connectivity index (χ0n) is 22.3. The van der Waals surface area contributed by atoms with Gasteiger partial charge in [-0.2, -0.15) is 5.10 Å². The van der Waals surface area contributed by atoms with Crippen LogP contribution in [0.1, 0.15) is 38.8 Å². The molecule has 0 atom stereocenters. The Balaban J connectivity index is 1.56. The van der Waals surface area contributed by atoms with E-state index in [2.05, 4.69) is 53.6 Å². The molecule has 4 aromatic rings. The molecule has 0 saturated heterocycles. The number of halogens is 2. The SMILES string of the molecule is COc1ccc(-n2c(SCC(=O)NN=C(C)c3ccc(Cl)cc3Cl)nnc2-c2ccc(C(C)(C)C)cc2)cc1. The number of hydrogen-bond donors (Lipinski definition) is 1. The molecule has 202 valence electrons. The Kier molecular flexibility index (Phi) is 9.00. The predicted molar refractivity (Wildman–Crippen MR) is 160 cm³/mol. The fourth-order valence-corrected chi connectivity index (χ4v) is 5.07. The van der Waals surface area contributed by atoms with Gasteiger partial charge < -0.3 is 4.74 Å². The number of carbonyl (C=O) groups excluding carboxylic acids is 1. The second-order valence-corrected chi connectivity index (χ2v) is 11.6. The van der Waals surface area contributed by atoms with Crippen molar-refractivity contribution in [1.29, 1.82) is 0 Å². The highest BCUT2D eigenvalue weighted by molar-refractivity contribution is 7.99. The number of aromatic nitrogens is 3. The largest absolute Gasteiger partial charge is 0.497 e. The summed E-state index contributed by atoms with van der Waals surface area (Å²) in [5.41, 5.74) is 6.88. The maximum absolute atomic E-state index is 12.7. The molecule has 0 aliphatic carbocycles. The number of nitrogens with one attached hydrogen (secondary N) is 1. The summed E-state index contributed by atoms with van der Waals surface area (Å²) in [4.78, 5) is 12.7. The molecule has 0 saturated carbocycles. The van der Waals surface area contributed by atoms with E-state index in [1.165, 1.54) is 17.3 Å². The summed E-state index contributed by atoms with van der Waals surface area (Å²) < 4.78 is 7.26. The Labute approximate surface area is 242 Å². The second-order valence-electron chi connectivity index (χ2n) is 9.81. The smallest absolute Gasteiger partial charge is 0.250 e. The van der Waals surface area contributed by atoms with Crippen molar-refractivity contribution in [1.82, 2.24) is 20.2 Å². The molecule has 10 heteroatoms. The van der Waals surface area contributed by atoms with Gasteiger partial charge in [-0.15, -0.1) is 10.2 Å². The minimum absolute atomic E-state index is 0.0380. The van der Waals surface area contributed by atoms with Gasteiger partial charge >= 0.3 is 0 Å². The molecule has 4 rings (SSSR count). The summed E-state index contributed by atoms with van der Waals surface area (Å²) in [6.07, 6.45) is 0. The minimum atomic E-state index is -0.287. The van der Waals surface area contributed by atoms with Crippen LogP contribution in [0.4, 0.5) is 0 Å². The van der Waals surface area contributed by atoms with Crippen molar-refractivity contribution in [3.63, 3.8) is 0 Å². The topological polar surface area (TPSA) is 81.4 Å². The number of carbonyl (C=O) groups is 1. The lowest BCUT2D eigenvalue weighted by molar-refractivity contribution is -0.118. The molecular formula is C29H29Cl2N5O2S. The predicted octanol–water partition coefficient (Wildman–Crippen LogP) is 7.18. The van der Waals surface area contributed by atoms with Crippen LogP contribution in [-0.4, -0.2) is 39.2 Å². The van der Waals surface area contributed by atoms with Crippen molar-refractivity contribution in [2.45, 2.75) is 38.3 Å². The summed E-state index contributed by atoms with van der Waals surface area (Å²) in [6, 6.07) is 21.0. The van der Waals surface area contributed by atoms with Crippen LogP contribution in [0.5, 0.6) is 5.75 Å². The Morgan fingerprint density at radius 3 is 2.33 bits per heavy atom. The fourth-order valence-electron chi connectivity index (χ4n) is 3.79. The van der Waals surface area contributed by atoms with Crippen LogP contribution < -0.4 is 10.2 Å². The van der Waals surface area contributed by atoms with Crippen molar-refractivity contribution in [3.8, 4) is 22.8 Å². The highest BCUT2D eigenvalue weighted by atomic mass is 35.5. The number of hydrazone groups is 1. The molecule has 0 unspecified atom stereocenters. The molecule has 1 N–H and O–H groups in total. The summed E-state index contributed by atoms with van der Waals surface area (Å²) >= 11 is 13.5. The van der Waals surface area contributed by atoms with Crippen LogP contribution in [0.2, 0.25) is 10.0 Å². The Morgan fingerprint density at radius 1 is 1.03 bits per heavy atom. The first-order valence-electron chi connectivity index (χ1n) is 12.2. The third-order valence-electron chi connectivity index (χ3n) is 5.97. The van der Waals surface area contributed by atoms with Gasteiger partial charge in [0.15, 0.2) is 11.0 Å². The first-order chi connectivity index (χ1) is 18.6. The average Bonchev–Trinajstić information content (AvgIpc) is 3.34. The molecule has 0 spiro atoms. The average molecular weight is 583 g/mol. The summed E-state index contributed by atoms with van der Waals surface area (Å²) in [5, 5.41) is 14.7.